The summed E-state index contributed by atoms with van der Waals surface area (Å²) in [6, 6.07) is 3.41. The summed E-state index contributed by atoms with van der Waals surface area (Å²) in [4.78, 5) is 20.9. The van der Waals surface area contributed by atoms with Gasteiger partial charge in [-0.05, 0) is 17.7 Å². The lowest BCUT2D eigenvalue weighted by atomic mass is 10.2. The van der Waals surface area contributed by atoms with Crippen molar-refractivity contribution >= 4 is 35.7 Å². The maximum atomic E-state index is 12.9. The molecule has 0 heterocycles. The van der Waals surface area contributed by atoms with E-state index in [1.165, 1.54) is 23.9 Å². The SMILES string of the molecule is O=CNC(CSCc1ccc(F)c(Cl)c1)C(=O)O. The number of carboxylic acid groups (broad SMARTS) is 1. The van der Waals surface area contributed by atoms with Gasteiger partial charge in [0.15, 0.2) is 0 Å². The molecule has 98 valence electrons. The van der Waals surface area contributed by atoms with Crippen LogP contribution in [0.5, 0.6) is 0 Å². The van der Waals surface area contributed by atoms with Crippen LogP contribution in [0.25, 0.3) is 0 Å². The Balaban J connectivity index is 2.47. The number of amides is 1. The first kappa shape index (κ1) is 14.8. The third-order valence-electron chi connectivity index (χ3n) is 2.10. The van der Waals surface area contributed by atoms with E-state index in [9.17, 15) is 14.0 Å². The molecule has 0 fully saturated rings. The number of nitrogens with one attached hydrogen (secondary N) is 1. The molecule has 1 rings (SSSR count). The van der Waals surface area contributed by atoms with E-state index in [-0.39, 0.29) is 10.8 Å². The number of benzene rings is 1. The highest BCUT2D eigenvalue weighted by Crippen LogP contribution is 2.20. The maximum Gasteiger partial charge on any atom is 0.327 e. The lowest BCUT2D eigenvalue weighted by Crippen LogP contribution is -2.37. The number of aliphatic carboxylic acids is 1. The molecule has 0 aliphatic heterocycles. The largest absolute Gasteiger partial charge is 0.480 e. The molecule has 1 unspecified atom stereocenters. The number of carboxylic acids is 1. The first-order valence-electron chi connectivity index (χ1n) is 4.98. The summed E-state index contributed by atoms with van der Waals surface area (Å²) < 4.78 is 12.9. The van der Waals surface area contributed by atoms with Gasteiger partial charge in [0.1, 0.15) is 11.9 Å². The molecule has 1 atom stereocenters. The van der Waals surface area contributed by atoms with Crippen molar-refractivity contribution in [2.45, 2.75) is 11.8 Å². The van der Waals surface area contributed by atoms with Crippen molar-refractivity contribution in [2.75, 3.05) is 5.75 Å². The predicted octanol–water partition coefficient (Wildman–Crippen LogP) is 1.91. The van der Waals surface area contributed by atoms with E-state index in [1.807, 2.05) is 0 Å². The van der Waals surface area contributed by atoms with Crippen LogP contribution in [0.1, 0.15) is 5.56 Å². The second-order valence-corrected chi connectivity index (χ2v) is 4.88. The summed E-state index contributed by atoms with van der Waals surface area (Å²) in [5.74, 6) is -0.865. The summed E-state index contributed by atoms with van der Waals surface area (Å²) >= 11 is 6.93. The van der Waals surface area contributed by atoms with Crippen molar-refractivity contribution < 1.29 is 19.1 Å². The molecular formula is C11H11ClFNO3S. The van der Waals surface area contributed by atoms with Crippen molar-refractivity contribution in [3.05, 3.63) is 34.6 Å². The molecule has 18 heavy (non-hydrogen) atoms. The van der Waals surface area contributed by atoms with Crippen molar-refractivity contribution in [2.24, 2.45) is 0 Å². The molecule has 4 nitrogen and oxygen atoms in total. The van der Waals surface area contributed by atoms with Gasteiger partial charge in [0, 0.05) is 11.5 Å². The van der Waals surface area contributed by atoms with Gasteiger partial charge < -0.3 is 10.4 Å². The van der Waals surface area contributed by atoms with E-state index in [2.05, 4.69) is 5.32 Å². The van der Waals surface area contributed by atoms with Gasteiger partial charge >= 0.3 is 5.97 Å². The summed E-state index contributed by atoms with van der Waals surface area (Å²) in [6.07, 6.45) is 0.355. The third-order valence-corrected chi connectivity index (χ3v) is 3.50. The fraction of sp³-hybridized carbons (Fsp3) is 0.273. The Kier molecular flexibility index (Phi) is 5.94. The lowest BCUT2D eigenvalue weighted by molar-refractivity contribution is -0.139. The van der Waals surface area contributed by atoms with Crippen LogP contribution < -0.4 is 5.32 Å². The molecule has 0 aliphatic rings. The Morgan fingerprint density at radius 2 is 2.33 bits per heavy atom. The van der Waals surface area contributed by atoms with Crippen molar-refractivity contribution in [1.82, 2.24) is 5.32 Å². The summed E-state index contributed by atoms with van der Waals surface area (Å²) in [7, 11) is 0. The van der Waals surface area contributed by atoms with Crippen LogP contribution in [0.2, 0.25) is 5.02 Å². The number of halogens is 2. The fourth-order valence-electron chi connectivity index (χ4n) is 1.20. The molecule has 1 amide bonds. The first-order valence-corrected chi connectivity index (χ1v) is 6.52. The van der Waals surface area contributed by atoms with Gasteiger partial charge in [-0.15, -0.1) is 0 Å². The Morgan fingerprint density at radius 3 is 2.89 bits per heavy atom. The zero-order chi connectivity index (χ0) is 13.5. The zero-order valence-electron chi connectivity index (χ0n) is 9.23. The van der Waals surface area contributed by atoms with E-state index in [0.29, 0.717) is 12.2 Å². The zero-order valence-corrected chi connectivity index (χ0v) is 10.8. The Labute approximate surface area is 113 Å². The average molecular weight is 292 g/mol. The number of carbonyl (C=O) groups excluding carboxylic acids is 1. The predicted molar refractivity (Wildman–Crippen MR) is 68.2 cm³/mol. The van der Waals surface area contributed by atoms with Crippen molar-refractivity contribution in [3.8, 4) is 0 Å². The fourth-order valence-corrected chi connectivity index (χ4v) is 2.41. The number of thioether (sulfide) groups is 1. The lowest BCUT2D eigenvalue weighted by Gasteiger charge is -2.10. The minimum Gasteiger partial charge on any atom is -0.480 e. The molecule has 7 heteroatoms. The van der Waals surface area contributed by atoms with Crippen LogP contribution in [0, 0.1) is 5.82 Å². The summed E-state index contributed by atoms with van der Waals surface area (Å²) in [6.45, 7) is 0. The van der Waals surface area contributed by atoms with Gasteiger partial charge in [-0.3, -0.25) is 4.79 Å². The van der Waals surface area contributed by atoms with Crippen molar-refractivity contribution in [3.63, 3.8) is 0 Å². The molecule has 0 spiro atoms. The second kappa shape index (κ2) is 7.23. The molecular weight excluding hydrogens is 281 g/mol. The molecule has 1 aromatic carbocycles. The highest BCUT2D eigenvalue weighted by Gasteiger charge is 2.15. The normalized spacial score (nSPS) is 11.9. The quantitative estimate of drug-likeness (QED) is 0.753. The molecule has 0 radical (unpaired) electrons. The number of carbonyl (C=O) groups is 2. The smallest absolute Gasteiger partial charge is 0.327 e. The first-order chi connectivity index (χ1) is 8.54. The average Bonchev–Trinajstić information content (AvgIpc) is 2.32. The monoisotopic (exact) mass is 291 g/mol. The van der Waals surface area contributed by atoms with Gasteiger partial charge in [-0.2, -0.15) is 11.8 Å². The van der Waals surface area contributed by atoms with Gasteiger partial charge in [0.05, 0.1) is 5.02 Å². The van der Waals surface area contributed by atoms with Gasteiger partial charge in [-0.25, -0.2) is 9.18 Å². The standard InChI is InChI=1S/C11H11ClFNO3S/c12-8-3-7(1-2-9(8)13)4-18-5-10(11(16)17)14-6-15/h1-3,6,10H,4-5H2,(H,14,15)(H,16,17). The second-order valence-electron chi connectivity index (χ2n) is 3.44. The van der Waals surface area contributed by atoms with Gasteiger partial charge in [0.25, 0.3) is 0 Å². The van der Waals surface area contributed by atoms with E-state index >= 15 is 0 Å². The van der Waals surface area contributed by atoms with Gasteiger partial charge in [0.2, 0.25) is 6.41 Å². The summed E-state index contributed by atoms with van der Waals surface area (Å²) in [5.41, 5.74) is 0.793. The highest BCUT2D eigenvalue weighted by molar-refractivity contribution is 7.98. The van der Waals surface area contributed by atoms with Gasteiger partial charge in [-0.1, -0.05) is 17.7 Å². The number of rotatable bonds is 7. The maximum absolute atomic E-state index is 12.9. The Hall–Kier alpha value is -1.27. The van der Waals surface area contributed by atoms with Crippen LogP contribution in [0.3, 0.4) is 0 Å². The Morgan fingerprint density at radius 1 is 1.61 bits per heavy atom. The Bertz CT molecular complexity index is 444. The molecule has 0 saturated carbocycles. The topological polar surface area (TPSA) is 66.4 Å². The molecule has 0 aromatic heterocycles. The summed E-state index contributed by atoms with van der Waals surface area (Å²) in [5, 5.41) is 11.0. The van der Waals surface area contributed by atoms with E-state index in [1.54, 1.807) is 6.07 Å². The molecule has 0 saturated heterocycles. The highest BCUT2D eigenvalue weighted by atomic mass is 35.5. The van der Waals surface area contributed by atoms with Crippen LogP contribution >= 0.6 is 23.4 Å². The number of hydrogen-bond donors (Lipinski definition) is 2. The number of hydrogen-bond acceptors (Lipinski definition) is 3. The third kappa shape index (κ3) is 4.54. The van der Waals surface area contributed by atoms with E-state index < -0.39 is 17.8 Å². The minimum atomic E-state index is -1.09. The van der Waals surface area contributed by atoms with Crippen LogP contribution in [-0.4, -0.2) is 29.3 Å². The van der Waals surface area contributed by atoms with E-state index in [4.69, 9.17) is 16.7 Å². The van der Waals surface area contributed by atoms with Crippen LogP contribution in [0.4, 0.5) is 4.39 Å². The van der Waals surface area contributed by atoms with Crippen LogP contribution in [0.15, 0.2) is 18.2 Å². The molecule has 0 bridgehead atoms. The van der Waals surface area contributed by atoms with E-state index in [0.717, 1.165) is 5.56 Å². The molecule has 2 N–H and O–H groups in total. The van der Waals surface area contributed by atoms with Crippen molar-refractivity contribution in [1.29, 1.82) is 0 Å². The minimum absolute atomic E-state index is 0.0360. The van der Waals surface area contributed by atoms with Crippen LogP contribution in [-0.2, 0) is 15.3 Å². The molecule has 1 aromatic rings. The molecule has 0 aliphatic carbocycles.